The number of anilines is 1. The Labute approximate surface area is 111 Å². The van der Waals surface area contributed by atoms with Crippen molar-refractivity contribution in [2.75, 3.05) is 5.73 Å². The molecule has 0 unspecified atom stereocenters. The number of aryl methyl sites for hydroxylation is 1. The predicted molar refractivity (Wildman–Crippen MR) is 75.5 cm³/mol. The highest BCUT2D eigenvalue weighted by Crippen LogP contribution is 2.31. The highest BCUT2D eigenvalue weighted by molar-refractivity contribution is 7.99. The van der Waals surface area contributed by atoms with Gasteiger partial charge >= 0.3 is 0 Å². The van der Waals surface area contributed by atoms with Crippen molar-refractivity contribution in [1.82, 2.24) is 0 Å². The van der Waals surface area contributed by atoms with E-state index in [1.165, 1.54) is 5.56 Å². The molecule has 2 rings (SSSR count). The Hall–Kier alpha value is -1.92. The summed E-state index contributed by atoms with van der Waals surface area (Å²) in [6.07, 6.45) is 1.04. The SMILES string of the molecule is CCc1ccc(Sc2ccc(N)cc2C#N)cc1. The molecule has 2 aromatic rings. The van der Waals surface area contributed by atoms with Crippen molar-refractivity contribution in [3.63, 3.8) is 0 Å². The highest BCUT2D eigenvalue weighted by atomic mass is 32.2. The van der Waals surface area contributed by atoms with Gasteiger partial charge in [-0.15, -0.1) is 0 Å². The summed E-state index contributed by atoms with van der Waals surface area (Å²) < 4.78 is 0. The van der Waals surface area contributed by atoms with E-state index in [1.54, 1.807) is 17.8 Å². The molecule has 0 aliphatic heterocycles. The second kappa shape index (κ2) is 5.61. The Kier molecular flexibility index (Phi) is 3.91. The number of nitrogens with two attached hydrogens (primary N) is 1. The first-order valence-corrected chi connectivity index (χ1v) is 6.61. The monoisotopic (exact) mass is 254 g/mol. The summed E-state index contributed by atoms with van der Waals surface area (Å²) in [5.74, 6) is 0. The number of nitrogen functional groups attached to an aromatic ring is 1. The largest absolute Gasteiger partial charge is 0.399 e. The molecule has 0 fully saturated rings. The third kappa shape index (κ3) is 2.85. The van der Waals surface area contributed by atoms with Gasteiger partial charge in [0.1, 0.15) is 6.07 Å². The van der Waals surface area contributed by atoms with Gasteiger partial charge in [0.25, 0.3) is 0 Å². The average molecular weight is 254 g/mol. The van der Waals surface area contributed by atoms with E-state index in [1.807, 2.05) is 12.1 Å². The summed E-state index contributed by atoms with van der Waals surface area (Å²) in [6.45, 7) is 2.13. The van der Waals surface area contributed by atoms with Crippen LogP contribution in [0.1, 0.15) is 18.1 Å². The Morgan fingerprint density at radius 3 is 2.50 bits per heavy atom. The molecule has 2 N–H and O–H groups in total. The van der Waals surface area contributed by atoms with Crippen LogP contribution in [0.5, 0.6) is 0 Å². The highest BCUT2D eigenvalue weighted by Gasteiger charge is 2.04. The minimum Gasteiger partial charge on any atom is -0.399 e. The normalized spacial score (nSPS) is 10.0. The van der Waals surface area contributed by atoms with Gasteiger partial charge in [0.05, 0.1) is 5.56 Å². The van der Waals surface area contributed by atoms with E-state index in [0.29, 0.717) is 11.3 Å². The molecule has 0 atom stereocenters. The zero-order valence-electron chi connectivity index (χ0n) is 10.2. The van der Waals surface area contributed by atoms with Crippen LogP contribution in [0.25, 0.3) is 0 Å². The molecule has 0 heterocycles. The van der Waals surface area contributed by atoms with Crippen LogP contribution < -0.4 is 5.73 Å². The van der Waals surface area contributed by atoms with Crippen LogP contribution in [0.2, 0.25) is 0 Å². The molecular formula is C15H14N2S. The van der Waals surface area contributed by atoms with Crippen molar-refractivity contribution < 1.29 is 0 Å². The van der Waals surface area contributed by atoms with Crippen molar-refractivity contribution in [3.05, 3.63) is 53.6 Å². The maximum absolute atomic E-state index is 9.08. The van der Waals surface area contributed by atoms with Gasteiger partial charge in [-0.2, -0.15) is 5.26 Å². The van der Waals surface area contributed by atoms with Crippen LogP contribution in [0, 0.1) is 11.3 Å². The summed E-state index contributed by atoms with van der Waals surface area (Å²) >= 11 is 1.59. The lowest BCUT2D eigenvalue weighted by molar-refractivity contribution is 1.13. The van der Waals surface area contributed by atoms with Crippen LogP contribution in [-0.2, 0) is 6.42 Å². The predicted octanol–water partition coefficient (Wildman–Crippen LogP) is 3.85. The van der Waals surface area contributed by atoms with Crippen molar-refractivity contribution in [2.45, 2.75) is 23.1 Å². The zero-order chi connectivity index (χ0) is 13.0. The molecule has 0 aromatic heterocycles. The van der Waals surface area contributed by atoms with Crippen LogP contribution in [0.15, 0.2) is 52.3 Å². The molecule has 90 valence electrons. The van der Waals surface area contributed by atoms with Crippen molar-refractivity contribution >= 4 is 17.4 Å². The molecule has 2 nitrogen and oxygen atoms in total. The third-order valence-electron chi connectivity index (χ3n) is 2.68. The van der Waals surface area contributed by atoms with Crippen LogP contribution in [-0.4, -0.2) is 0 Å². The first-order chi connectivity index (χ1) is 8.72. The van der Waals surface area contributed by atoms with Crippen LogP contribution in [0.3, 0.4) is 0 Å². The first kappa shape index (κ1) is 12.5. The van der Waals surface area contributed by atoms with Gasteiger partial charge in [-0.3, -0.25) is 0 Å². The summed E-state index contributed by atoms with van der Waals surface area (Å²) in [4.78, 5) is 2.07. The summed E-state index contributed by atoms with van der Waals surface area (Å²) in [7, 11) is 0. The number of benzene rings is 2. The number of rotatable bonds is 3. The van der Waals surface area contributed by atoms with E-state index in [4.69, 9.17) is 11.0 Å². The second-order valence-corrected chi connectivity index (χ2v) is 5.08. The molecule has 0 saturated heterocycles. The lowest BCUT2D eigenvalue weighted by Gasteiger charge is -2.05. The first-order valence-electron chi connectivity index (χ1n) is 5.79. The van der Waals surface area contributed by atoms with Crippen molar-refractivity contribution in [1.29, 1.82) is 5.26 Å². The maximum Gasteiger partial charge on any atom is 0.100 e. The summed E-state index contributed by atoms with van der Waals surface area (Å²) in [6, 6.07) is 16.0. The van der Waals surface area contributed by atoms with Gasteiger partial charge in [0.15, 0.2) is 0 Å². The van der Waals surface area contributed by atoms with Gasteiger partial charge in [-0.1, -0.05) is 30.8 Å². The zero-order valence-corrected chi connectivity index (χ0v) is 11.0. The van der Waals surface area contributed by atoms with E-state index in [9.17, 15) is 0 Å². The molecule has 3 heteroatoms. The fraction of sp³-hybridized carbons (Fsp3) is 0.133. The second-order valence-electron chi connectivity index (χ2n) is 3.97. The molecule has 0 amide bonds. The van der Waals surface area contributed by atoms with Gasteiger partial charge in [-0.25, -0.2) is 0 Å². The lowest BCUT2D eigenvalue weighted by atomic mass is 10.2. The van der Waals surface area contributed by atoms with E-state index in [2.05, 4.69) is 37.3 Å². The lowest BCUT2D eigenvalue weighted by Crippen LogP contribution is -1.88. The minimum absolute atomic E-state index is 0.622. The number of nitrogens with zero attached hydrogens (tertiary/aromatic N) is 1. The number of hydrogen-bond acceptors (Lipinski definition) is 3. The molecule has 0 saturated carbocycles. The smallest absolute Gasteiger partial charge is 0.100 e. The average Bonchev–Trinajstić information content (AvgIpc) is 2.41. The van der Waals surface area contributed by atoms with Gasteiger partial charge in [0, 0.05) is 15.5 Å². The number of nitriles is 1. The Morgan fingerprint density at radius 1 is 1.17 bits per heavy atom. The van der Waals surface area contributed by atoms with Crippen LogP contribution >= 0.6 is 11.8 Å². The number of hydrogen-bond donors (Lipinski definition) is 1. The van der Waals surface area contributed by atoms with Crippen LogP contribution in [0.4, 0.5) is 5.69 Å². The third-order valence-corrected chi connectivity index (χ3v) is 3.77. The summed E-state index contributed by atoms with van der Waals surface area (Å²) in [5, 5.41) is 9.08. The molecule has 0 radical (unpaired) electrons. The fourth-order valence-electron chi connectivity index (χ4n) is 1.64. The Morgan fingerprint density at radius 2 is 1.89 bits per heavy atom. The molecule has 0 bridgehead atoms. The molecule has 0 aliphatic carbocycles. The maximum atomic E-state index is 9.08. The fourth-order valence-corrected chi connectivity index (χ4v) is 2.52. The standard InChI is InChI=1S/C15H14N2S/c1-2-11-3-6-14(7-4-11)18-15-8-5-13(17)9-12(15)10-16/h3-9H,2,17H2,1H3. The Balaban J connectivity index is 2.25. The molecule has 0 aliphatic rings. The van der Waals surface area contributed by atoms with Crippen molar-refractivity contribution in [2.24, 2.45) is 0 Å². The van der Waals surface area contributed by atoms with Gasteiger partial charge < -0.3 is 5.73 Å². The molecule has 18 heavy (non-hydrogen) atoms. The summed E-state index contributed by atoms with van der Waals surface area (Å²) in [5.41, 5.74) is 8.24. The Bertz CT molecular complexity index is 582. The molecular weight excluding hydrogens is 240 g/mol. The van der Waals surface area contributed by atoms with E-state index in [0.717, 1.165) is 16.2 Å². The molecule has 0 spiro atoms. The van der Waals surface area contributed by atoms with Crippen molar-refractivity contribution in [3.8, 4) is 6.07 Å². The molecule has 2 aromatic carbocycles. The van der Waals surface area contributed by atoms with E-state index >= 15 is 0 Å². The van der Waals surface area contributed by atoms with Gasteiger partial charge in [-0.05, 0) is 42.3 Å². The minimum atomic E-state index is 0.622. The van der Waals surface area contributed by atoms with E-state index in [-0.39, 0.29) is 0 Å². The topological polar surface area (TPSA) is 49.8 Å². The van der Waals surface area contributed by atoms with E-state index < -0.39 is 0 Å². The quantitative estimate of drug-likeness (QED) is 0.846. The van der Waals surface area contributed by atoms with Gasteiger partial charge in [0.2, 0.25) is 0 Å².